The number of hydrogen-bond donors (Lipinski definition) is 1. The fourth-order valence-electron chi connectivity index (χ4n) is 2.00. The van der Waals surface area contributed by atoms with Crippen LogP contribution in [0.25, 0.3) is 0 Å². The van der Waals surface area contributed by atoms with Gasteiger partial charge in [-0.25, -0.2) is 0 Å². The molecule has 104 valence electrons. The maximum Gasteiger partial charge on any atom is 0.244 e. The lowest BCUT2D eigenvalue weighted by Crippen LogP contribution is -2.35. The Morgan fingerprint density at radius 3 is 2.40 bits per heavy atom. The van der Waals surface area contributed by atoms with Crippen molar-refractivity contribution in [2.45, 2.75) is 12.6 Å². The highest BCUT2D eigenvalue weighted by atomic mass is 79.9. The Bertz CT molecular complexity index is 586. The second kappa shape index (κ2) is 6.68. The van der Waals surface area contributed by atoms with Gasteiger partial charge in [-0.05, 0) is 17.2 Å². The van der Waals surface area contributed by atoms with Crippen molar-refractivity contribution in [1.82, 2.24) is 4.90 Å². The number of nitrogens with two attached hydrogens (primary N) is 1. The van der Waals surface area contributed by atoms with Crippen molar-refractivity contribution in [3.8, 4) is 0 Å². The number of nitrogens with zero attached hydrogens (tertiary/aromatic N) is 1. The SMILES string of the molecule is CN(Cc1ccccc1Br)C(=O)[C@@H](N)c1ccccc1. The zero-order valence-electron chi connectivity index (χ0n) is 11.3. The Hall–Kier alpha value is -1.65. The number of hydrogen-bond acceptors (Lipinski definition) is 2. The van der Waals surface area contributed by atoms with Gasteiger partial charge in [0.1, 0.15) is 6.04 Å². The number of carbonyl (C=O) groups excluding carboxylic acids is 1. The van der Waals surface area contributed by atoms with Gasteiger partial charge < -0.3 is 10.6 Å². The maximum atomic E-state index is 12.3. The molecule has 0 heterocycles. The number of likely N-dealkylation sites (N-methyl/N-ethyl adjacent to an activating group) is 1. The predicted molar refractivity (Wildman–Crippen MR) is 84.0 cm³/mol. The van der Waals surface area contributed by atoms with E-state index in [9.17, 15) is 4.79 Å². The highest BCUT2D eigenvalue weighted by Gasteiger charge is 2.20. The van der Waals surface area contributed by atoms with Gasteiger partial charge in [0.15, 0.2) is 0 Å². The Labute approximate surface area is 127 Å². The van der Waals surface area contributed by atoms with Crippen LogP contribution in [-0.4, -0.2) is 17.9 Å². The topological polar surface area (TPSA) is 46.3 Å². The van der Waals surface area contributed by atoms with Gasteiger partial charge in [0.2, 0.25) is 5.91 Å². The fourth-order valence-corrected chi connectivity index (χ4v) is 2.41. The van der Waals surface area contributed by atoms with Crippen LogP contribution in [0.15, 0.2) is 59.1 Å². The van der Waals surface area contributed by atoms with Crippen molar-refractivity contribution in [2.75, 3.05) is 7.05 Å². The van der Waals surface area contributed by atoms with E-state index < -0.39 is 6.04 Å². The fraction of sp³-hybridized carbons (Fsp3) is 0.188. The van der Waals surface area contributed by atoms with E-state index in [0.29, 0.717) is 6.54 Å². The molecule has 0 aromatic heterocycles. The Morgan fingerprint density at radius 1 is 1.15 bits per heavy atom. The molecule has 2 N–H and O–H groups in total. The molecule has 1 atom stereocenters. The quantitative estimate of drug-likeness (QED) is 0.935. The van der Waals surface area contributed by atoms with E-state index in [1.165, 1.54) is 0 Å². The van der Waals surface area contributed by atoms with Gasteiger partial charge in [-0.1, -0.05) is 64.5 Å². The Morgan fingerprint density at radius 2 is 1.75 bits per heavy atom. The molecule has 0 aliphatic rings. The molecule has 1 amide bonds. The molecule has 3 nitrogen and oxygen atoms in total. The van der Waals surface area contributed by atoms with Crippen molar-refractivity contribution < 1.29 is 4.79 Å². The summed E-state index contributed by atoms with van der Waals surface area (Å²) in [5, 5.41) is 0. The summed E-state index contributed by atoms with van der Waals surface area (Å²) in [7, 11) is 1.77. The molecule has 2 aromatic carbocycles. The van der Waals surface area contributed by atoms with E-state index >= 15 is 0 Å². The molecular weight excluding hydrogens is 316 g/mol. The van der Waals surface area contributed by atoms with Gasteiger partial charge in [0.25, 0.3) is 0 Å². The summed E-state index contributed by atoms with van der Waals surface area (Å²) < 4.78 is 0.993. The number of halogens is 1. The summed E-state index contributed by atoms with van der Waals surface area (Å²) in [6.07, 6.45) is 0. The zero-order chi connectivity index (χ0) is 14.5. The highest BCUT2D eigenvalue weighted by Crippen LogP contribution is 2.19. The van der Waals surface area contributed by atoms with Crippen LogP contribution >= 0.6 is 15.9 Å². The lowest BCUT2D eigenvalue weighted by molar-refractivity contribution is -0.132. The Balaban J connectivity index is 2.08. The molecule has 0 aliphatic carbocycles. The van der Waals surface area contributed by atoms with Gasteiger partial charge in [-0.15, -0.1) is 0 Å². The van der Waals surface area contributed by atoms with Crippen LogP contribution in [0.4, 0.5) is 0 Å². The summed E-state index contributed by atoms with van der Waals surface area (Å²) in [5.41, 5.74) is 7.92. The van der Waals surface area contributed by atoms with Crippen LogP contribution in [0.3, 0.4) is 0 Å². The normalized spacial score (nSPS) is 11.9. The van der Waals surface area contributed by atoms with E-state index in [4.69, 9.17) is 5.73 Å². The average Bonchev–Trinajstić information content (AvgIpc) is 2.49. The standard InChI is InChI=1S/C16H17BrN2O/c1-19(11-13-9-5-6-10-14(13)17)16(20)15(18)12-7-3-2-4-8-12/h2-10,15H,11,18H2,1H3/t15-/m0/s1. The lowest BCUT2D eigenvalue weighted by atomic mass is 10.1. The van der Waals surface area contributed by atoms with Crippen LogP contribution in [0, 0.1) is 0 Å². The van der Waals surface area contributed by atoms with Crippen LogP contribution in [0.5, 0.6) is 0 Å². The van der Waals surface area contributed by atoms with Gasteiger partial charge in [-0.3, -0.25) is 4.79 Å². The first kappa shape index (κ1) is 14.8. The van der Waals surface area contributed by atoms with Gasteiger partial charge in [-0.2, -0.15) is 0 Å². The van der Waals surface area contributed by atoms with E-state index in [1.807, 2.05) is 54.6 Å². The monoisotopic (exact) mass is 332 g/mol. The largest absolute Gasteiger partial charge is 0.340 e. The van der Waals surface area contributed by atoms with E-state index in [-0.39, 0.29) is 5.91 Å². The second-order valence-corrected chi connectivity index (χ2v) is 5.53. The zero-order valence-corrected chi connectivity index (χ0v) is 12.9. The first-order valence-electron chi connectivity index (χ1n) is 6.38. The van der Waals surface area contributed by atoms with E-state index in [1.54, 1.807) is 11.9 Å². The molecule has 2 aromatic rings. The molecule has 4 heteroatoms. The molecule has 20 heavy (non-hydrogen) atoms. The third-order valence-corrected chi connectivity index (χ3v) is 3.94. The minimum absolute atomic E-state index is 0.0908. The molecular formula is C16H17BrN2O. The molecule has 0 unspecified atom stereocenters. The molecule has 2 rings (SSSR count). The van der Waals surface area contributed by atoms with Gasteiger partial charge in [0.05, 0.1) is 0 Å². The molecule has 0 bridgehead atoms. The highest BCUT2D eigenvalue weighted by molar-refractivity contribution is 9.10. The molecule has 0 spiro atoms. The van der Waals surface area contributed by atoms with E-state index in [2.05, 4.69) is 15.9 Å². The molecule has 0 fully saturated rings. The van der Waals surface area contributed by atoms with Crippen LogP contribution in [0.2, 0.25) is 0 Å². The molecule has 0 saturated heterocycles. The number of benzene rings is 2. The predicted octanol–water partition coefficient (Wildman–Crippen LogP) is 3.11. The average molecular weight is 333 g/mol. The van der Waals surface area contributed by atoms with Crippen LogP contribution in [-0.2, 0) is 11.3 Å². The smallest absolute Gasteiger partial charge is 0.244 e. The summed E-state index contributed by atoms with van der Waals surface area (Å²) in [6.45, 7) is 0.529. The summed E-state index contributed by atoms with van der Waals surface area (Å²) in [6, 6.07) is 16.7. The number of carbonyl (C=O) groups is 1. The third-order valence-electron chi connectivity index (χ3n) is 3.17. The van der Waals surface area contributed by atoms with Crippen LogP contribution in [0.1, 0.15) is 17.2 Å². The minimum Gasteiger partial charge on any atom is -0.340 e. The van der Waals surface area contributed by atoms with Crippen molar-refractivity contribution in [2.24, 2.45) is 5.73 Å². The number of amides is 1. The third kappa shape index (κ3) is 3.46. The molecule has 0 aliphatic heterocycles. The van der Waals surface area contributed by atoms with Crippen molar-refractivity contribution in [1.29, 1.82) is 0 Å². The van der Waals surface area contributed by atoms with Crippen molar-refractivity contribution in [3.05, 3.63) is 70.2 Å². The number of rotatable bonds is 4. The van der Waals surface area contributed by atoms with E-state index in [0.717, 1.165) is 15.6 Å². The van der Waals surface area contributed by atoms with Gasteiger partial charge >= 0.3 is 0 Å². The first-order valence-corrected chi connectivity index (χ1v) is 7.18. The van der Waals surface area contributed by atoms with Crippen molar-refractivity contribution in [3.63, 3.8) is 0 Å². The van der Waals surface area contributed by atoms with Crippen molar-refractivity contribution >= 4 is 21.8 Å². The lowest BCUT2D eigenvalue weighted by Gasteiger charge is -2.22. The molecule has 0 saturated carbocycles. The summed E-state index contributed by atoms with van der Waals surface area (Å²) >= 11 is 3.49. The molecule has 0 radical (unpaired) electrons. The Kier molecular flexibility index (Phi) is 4.93. The second-order valence-electron chi connectivity index (χ2n) is 4.67. The maximum absolute atomic E-state index is 12.3. The summed E-state index contributed by atoms with van der Waals surface area (Å²) in [4.78, 5) is 14.0. The first-order chi connectivity index (χ1) is 9.59. The van der Waals surface area contributed by atoms with Gasteiger partial charge in [0, 0.05) is 18.1 Å². The summed E-state index contributed by atoms with van der Waals surface area (Å²) in [5.74, 6) is -0.0908. The van der Waals surface area contributed by atoms with Crippen LogP contribution < -0.4 is 5.73 Å². The minimum atomic E-state index is -0.622.